The van der Waals surface area contributed by atoms with Crippen LogP contribution in [0, 0.1) is 5.92 Å². The smallest absolute Gasteiger partial charge is 0.257 e. The summed E-state index contributed by atoms with van der Waals surface area (Å²) in [7, 11) is 0. The minimum Gasteiger partial charge on any atom is -0.345 e. The van der Waals surface area contributed by atoms with E-state index < -0.39 is 6.04 Å². The maximum absolute atomic E-state index is 13.1. The van der Waals surface area contributed by atoms with Gasteiger partial charge in [-0.15, -0.1) is 0 Å². The average Bonchev–Trinajstić information content (AvgIpc) is 3.05. The van der Waals surface area contributed by atoms with Gasteiger partial charge in [-0.05, 0) is 36.8 Å². The Bertz CT molecular complexity index is 828. The number of carbonyl (C=O) groups excluding carboxylic acids is 2. The number of nitrogens with zero attached hydrogens (tertiary/aromatic N) is 3. The van der Waals surface area contributed by atoms with Gasteiger partial charge in [0.05, 0.1) is 5.56 Å². The number of hydrogen-bond acceptors (Lipinski definition) is 3. The number of nitrogens with one attached hydrogen (secondary N) is 1. The number of rotatable bonds is 3. The number of hydrogen-bond donors (Lipinski definition) is 1. The zero-order valence-electron chi connectivity index (χ0n) is 14.8. The van der Waals surface area contributed by atoms with Gasteiger partial charge in [0, 0.05) is 37.4 Å². The maximum Gasteiger partial charge on any atom is 0.257 e. The summed E-state index contributed by atoms with van der Waals surface area (Å²) < 4.78 is 0. The number of aromatic amines is 1. The van der Waals surface area contributed by atoms with Crippen LogP contribution in [-0.4, -0.2) is 50.7 Å². The molecule has 132 valence electrons. The van der Waals surface area contributed by atoms with E-state index in [-0.39, 0.29) is 11.8 Å². The number of likely N-dealkylation sites (tertiary alicyclic amines) is 1. The van der Waals surface area contributed by atoms with Crippen molar-refractivity contribution in [2.45, 2.75) is 45.7 Å². The van der Waals surface area contributed by atoms with Crippen molar-refractivity contribution in [1.82, 2.24) is 19.8 Å². The highest BCUT2D eigenvalue weighted by Crippen LogP contribution is 2.31. The molecule has 25 heavy (non-hydrogen) atoms. The Morgan fingerprint density at radius 2 is 2.32 bits per heavy atom. The third kappa shape index (κ3) is 2.60. The van der Waals surface area contributed by atoms with Crippen LogP contribution in [0.5, 0.6) is 0 Å². The molecule has 2 atom stereocenters. The molecule has 2 aromatic heterocycles. The van der Waals surface area contributed by atoms with Gasteiger partial charge in [-0.2, -0.15) is 0 Å². The highest BCUT2D eigenvalue weighted by atomic mass is 16.2. The van der Waals surface area contributed by atoms with Crippen molar-refractivity contribution in [2.75, 3.05) is 13.1 Å². The predicted octanol–water partition coefficient (Wildman–Crippen LogP) is 2.56. The van der Waals surface area contributed by atoms with Crippen molar-refractivity contribution in [3.63, 3.8) is 0 Å². The summed E-state index contributed by atoms with van der Waals surface area (Å²) in [4.78, 5) is 37.2. The molecule has 6 heteroatoms. The largest absolute Gasteiger partial charge is 0.345 e. The van der Waals surface area contributed by atoms with Crippen LogP contribution >= 0.6 is 0 Å². The summed E-state index contributed by atoms with van der Waals surface area (Å²) >= 11 is 0. The molecular weight excluding hydrogens is 316 g/mol. The van der Waals surface area contributed by atoms with Gasteiger partial charge in [0.25, 0.3) is 5.91 Å². The molecular formula is C19H24N4O2. The summed E-state index contributed by atoms with van der Waals surface area (Å²) in [5, 5.41) is 0.901. The molecule has 4 rings (SSSR count). The molecule has 0 radical (unpaired) electrons. The van der Waals surface area contributed by atoms with E-state index in [1.165, 1.54) is 6.42 Å². The maximum atomic E-state index is 13.1. The minimum atomic E-state index is -0.399. The predicted molar refractivity (Wildman–Crippen MR) is 95.0 cm³/mol. The Kier molecular flexibility index (Phi) is 3.98. The number of H-pyrrole nitrogens is 1. The Morgan fingerprint density at radius 1 is 1.48 bits per heavy atom. The summed E-state index contributed by atoms with van der Waals surface area (Å²) in [5.74, 6) is 0.548. The number of piperidine rings is 1. The third-order valence-electron chi connectivity index (χ3n) is 5.51. The monoisotopic (exact) mass is 340 g/mol. The average molecular weight is 340 g/mol. The van der Waals surface area contributed by atoms with E-state index in [4.69, 9.17) is 0 Å². The van der Waals surface area contributed by atoms with Crippen molar-refractivity contribution in [3.8, 4) is 0 Å². The number of carbonyl (C=O) groups is 2. The zero-order valence-corrected chi connectivity index (χ0v) is 14.8. The fourth-order valence-electron chi connectivity index (χ4n) is 4.22. The number of pyridine rings is 1. The first-order valence-corrected chi connectivity index (χ1v) is 9.14. The molecule has 2 aliphatic heterocycles. The molecule has 2 aliphatic rings. The van der Waals surface area contributed by atoms with Gasteiger partial charge in [0.2, 0.25) is 5.91 Å². The number of amides is 2. The second-order valence-corrected chi connectivity index (χ2v) is 7.28. The van der Waals surface area contributed by atoms with E-state index in [1.807, 2.05) is 17.9 Å². The van der Waals surface area contributed by atoms with Gasteiger partial charge in [0.1, 0.15) is 11.7 Å². The van der Waals surface area contributed by atoms with Gasteiger partial charge in [-0.25, -0.2) is 4.98 Å². The molecule has 2 aromatic rings. The van der Waals surface area contributed by atoms with E-state index in [9.17, 15) is 9.59 Å². The van der Waals surface area contributed by atoms with Crippen LogP contribution in [0.1, 0.15) is 49.0 Å². The molecule has 1 unspecified atom stereocenters. The minimum absolute atomic E-state index is 0.0722. The van der Waals surface area contributed by atoms with E-state index in [0.717, 1.165) is 36.1 Å². The lowest BCUT2D eigenvalue weighted by atomic mass is 9.97. The first kappa shape index (κ1) is 16.1. The van der Waals surface area contributed by atoms with Crippen molar-refractivity contribution in [3.05, 3.63) is 29.6 Å². The fourth-order valence-corrected chi connectivity index (χ4v) is 4.22. The standard InChI is InChI=1S/C19H24N4O2/c1-3-15(19(25)22-8-4-5-12(2)10-22)23-11-13-6-7-20-17-16(13)14(9-21-17)18(23)24/h6-7,9,12,15H,3-5,8,10-11H2,1-2H3,(H,20,21)/t12?,15-/m1/s1. The zero-order chi connectivity index (χ0) is 17.6. The van der Waals surface area contributed by atoms with E-state index in [0.29, 0.717) is 24.4 Å². The first-order chi connectivity index (χ1) is 12.1. The van der Waals surface area contributed by atoms with Crippen LogP contribution < -0.4 is 0 Å². The van der Waals surface area contributed by atoms with Crippen molar-refractivity contribution in [2.24, 2.45) is 5.92 Å². The van der Waals surface area contributed by atoms with Crippen molar-refractivity contribution >= 4 is 22.8 Å². The first-order valence-electron chi connectivity index (χ1n) is 9.14. The van der Waals surface area contributed by atoms with Crippen LogP contribution in [0.25, 0.3) is 11.0 Å². The highest BCUT2D eigenvalue weighted by molar-refractivity contribution is 6.10. The summed E-state index contributed by atoms with van der Waals surface area (Å²) in [6, 6.07) is 1.54. The molecule has 2 amide bonds. The Hall–Kier alpha value is -2.37. The van der Waals surface area contributed by atoms with Crippen LogP contribution in [-0.2, 0) is 11.3 Å². The quantitative estimate of drug-likeness (QED) is 0.933. The molecule has 0 aromatic carbocycles. The van der Waals surface area contributed by atoms with Crippen LogP contribution in [0.4, 0.5) is 0 Å². The summed E-state index contributed by atoms with van der Waals surface area (Å²) in [5.41, 5.74) is 2.42. The van der Waals surface area contributed by atoms with Gasteiger partial charge >= 0.3 is 0 Å². The molecule has 0 saturated carbocycles. The molecule has 0 spiro atoms. The van der Waals surface area contributed by atoms with Crippen LogP contribution in [0.15, 0.2) is 18.5 Å². The fraction of sp³-hybridized carbons (Fsp3) is 0.526. The molecule has 0 aliphatic carbocycles. The van der Waals surface area contributed by atoms with Crippen LogP contribution in [0.2, 0.25) is 0 Å². The van der Waals surface area contributed by atoms with Crippen molar-refractivity contribution in [1.29, 1.82) is 0 Å². The van der Waals surface area contributed by atoms with E-state index in [2.05, 4.69) is 16.9 Å². The lowest BCUT2D eigenvalue weighted by Crippen LogP contribution is -2.53. The summed E-state index contributed by atoms with van der Waals surface area (Å²) in [6.07, 6.45) is 6.31. The lowest BCUT2D eigenvalue weighted by Gasteiger charge is -2.38. The normalized spacial score (nSPS) is 21.7. The number of aromatic nitrogens is 2. The lowest BCUT2D eigenvalue weighted by molar-refractivity contribution is -0.138. The Morgan fingerprint density at radius 3 is 3.08 bits per heavy atom. The van der Waals surface area contributed by atoms with Crippen molar-refractivity contribution < 1.29 is 9.59 Å². The molecule has 6 nitrogen and oxygen atoms in total. The summed E-state index contributed by atoms with van der Waals surface area (Å²) in [6.45, 7) is 6.24. The third-order valence-corrected chi connectivity index (χ3v) is 5.51. The van der Waals surface area contributed by atoms with Gasteiger partial charge in [0.15, 0.2) is 0 Å². The second kappa shape index (κ2) is 6.17. The Balaban J connectivity index is 1.64. The molecule has 1 N–H and O–H groups in total. The molecule has 0 bridgehead atoms. The Labute approximate surface area is 147 Å². The van der Waals surface area contributed by atoms with E-state index in [1.54, 1.807) is 17.3 Å². The second-order valence-electron chi connectivity index (χ2n) is 7.28. The van der Waals surface area contributed by atoms with Gasteiger partial charge in [-0.3, -0.25) is 9.59 Å². The topological polar surface area (TPSA) is 69.3 Å². The SMILES string of the molecule is CC[C@H](C(=O)N1CCCC(C)C1)N1Cc2ccnc3[nH]cc(c23)C1=O. The van der Waals surface area contributed by atoms with Gasteiger partial charge < -0.3 is 14.8 Å². The molecule has 4 heterocycles. The molecule has 1 saturated heterocycles. The van der Waals surface area contributed by atoms with Gasteiger partial charge in [-0.1, -0.05) is 13.8 Å². The van der Waals surface area contributed by atoms with E-state index >= 15 is 0 Å². The highest BCUT2D eigenvalue weighted by Gasteiger charge is 2.37. The molecule has 1 fully saturated rings. The van der Waals surface area contributed by atoms with Crippen LogP contribution in [0.3, 0.4) is 0 Å².